The average Bonchev–Trinajstić information content (AvgIpc) is 3.16. The number of nitrogens with zero attached hydrogens (tertiary/aromatic N) is 4. The molecule has 0 saturated heterocycles. The number of amides is 1. The molecular formula is C17H19N5O2. The van der Waals surface area contributed by atoms with E-state index in [0.29, 0.717) is 29.5 Å². The van der Waals surface area contributed by atoms with Gasteiger partial charge >= 0.3 is 0 Å². The Labute approximate surface area is 139 Å². The Bertz CT molecular complexity index is 867. The maximum Gasteiger partial charge on any atom is 0.220 e. The fraction of sp³-hybridized carbons (Fsp3) is 0.294. The first-order valence-electron chi connectivity index (χ1n) is 7.69. The van der Waals surface area contributed by atoms with Crippen LogP contribution in [0.2, 0.25) is 0 Å². The van der Waals surface area contributed by atoms with E-state index in [9.17, 15) is 4.79 Å². The van der Waals surface area contributed by atoms with Gasteiger partial charge in [0.25, 0.3) is 0 Å². The fourth-order valence-electron chi connectivity index (χ4n) is 2.49. The van der Waals surface area contributed by atoms with Crippen LogP contribution in [0.15, 0.2) is 34.9 Å². The lowest BCUT2D eigenvalue weighted by Gasteiger charge is -2.10. The number of aryl methyl sites for hydroxylation is 2. The maximum atomic E-state index is 11.4. The zero-order valence-corrected chi connectivity index (χ0v) is 13.9. The van der Waals surface area contributed by atoms with E-state index < -0.39 is 0 Å². The van der Waals surface area contributed by atoms with Crippen molar-refractivity contribution in [2.75, 3.05) is 0 Å². The molecular weight excluding hydrogens is 306 g/mol. The molecule has 0 aliphatic heterocycles. The van der Waals surface area contributed by atoms with E-state index >= 15 is 0 Å². The van der Waals surface area contributed by atoms with Gasteiger partial charge < -0.3 is 10.2 Å². The van der Waals surface area contributed by atoms with Gasteiger partial charge in [0.1, 0.15) is 0 Å². The summed E-state index contributed by atoms with van der Waals surface area (Å²) in [6.07, 6.45) is 2.00. The van der Waals surface area contributed by atoms with Gasteiger partial charge in [0.05, 0.1) is 12.0 Å². The van der Waals surface area contributed by atoms with Gasteiger partial charge in [-0.05, 0) is 32.0 Å². The van der Waals surface area contributed by atoms with Crippen molar-refractivity contribution in [2.45, 2.75) is 27.2 Å². The lowest BCUT2D eigenvalue weighted by molar-refractivity contribution is -0.121. The van der Waals surface area contributed by atoms with Crippen LogP contribution in [0.3, 0.4) is 0 Å². The van der Waals surface area contributed by atoms with Crippen LogP contribution in [0.25, 0.3) is 17.4 Å². The van der Waals surface area contributed by atoms with Crippen molar-refractivity contribution in [3.63, 3.8) is 0 Å². The second-order valence-electron chi connectivity index (χ2n) is 5.86. The van der Waals surface area contributed by atoms with E-state index in [2.05, 4.69) is 15.1 Å². The van der Waals surface area contributed by atoms with Crippen molar-refractivity contribution >= 4 is 5.91 Å². The molecule has 0 aliphatic carbocycles. The van der Waals surface area contributed by atoms with E-state index in [-0.39, 0.29) is 11.8 Å². The van der Waals surface area contributed by atoms with Gasteiger partial charge in [-0.25, -0.2) is 14.6 Å². The summed E-state index contributed by atoms with van der Waals surface area (Å²) in [7, 11) is 0. The standard InChI is InChI=1S/C17H19N5O2/c1-10(16(18)23)7-13-9-15(22-12(3)8-11(2)21-22)20-17(19-13)14-5-4-6-24-14/h4-6,8-10H,7H2,1-3H3,(H2,18,23). The van der Waals surface area contributed by atoms with Crippen molar-refractivity contribution in [3.05, 3.63) is 47.6 Å². The molecule has 2 N–H and O–H groups in total. The van der Waals surface area contributed by atoms with Gasteiger partial charge in [0, 0.05) is 29.8 Å². The molecule has 1 amide bonds. The topological polar surface area (TPSA) is 99.8 Å². The molecule has 3 rings (SSSR count). The van der Waals surface area contributed by atoms with Crippen molar-refractivity contribution < 1.29 is 9.21 Å². The Morgan fingerprint density at radius 2 is 2.12 bits per heavy atom. The highest BCUT2D eigenvalue weighted by atomic mass is 16.3. The van der Waals surface area contributed by atoms with Crippen molar-refractivity contribution in [1.29, 1.82) is 0 Å². The molecule has 0 bridgehead atoms. The number of carbonyl (C=O) groups is 1. The Morgan fingerprint density at radius 3 is 2.71 bits per heavy atom. The molecule has 0 aliphatic rings. The van der Waals surface area contributed by atoms with Crippen molar-refractivity contribution in [2.24, 2.45) is 11.7 Å². The molecule has 24 heavy (non-hydrogen) atoms. The summed E-state index contributed by atoms with van der Waals surface area (Å²) in [6.45, 7) is 5.66. The van der Waals surface area contributed by atoms with Gasteiger partial charge in [-0.1, -0.05) is 6.92 Å². The highest BCUT2D eigenvalue weighted by Gasteiger charge is 2.16. The zero-order valence-electron chi connectivity index (χ0n) is 13.9. The molecule has 1 unspecified atom stereocenters. The zero-order chi connectivity index (χ0) is 17.3. The number of hydrogen-bond acceptors (Lipinski definition) is 5. The Kier molecular flexibility index (Phi) is 4.16. The first kappa shape index (κ1) is 15.9. The minimum atomic E-state index is -0.360. The summed E-state index contributed by atoms with van der Waals surface area (Å²) in [4.78, 5) is 20.4. The molecule has 3 aromatic heterocycles. The molecule has 0 aromatic carbocycles. The summed E-state index contributed by atoms with van der Waals surface area (Å²) in [5.41, 5.74) is 7.95. The van der Waals surface area contributed by atoms with E-state index in [1.54, 1.807) is 30.0 Å². The van der Waals surface area contributed by atoms with Crippen LogP contribution in [0.1, 0.15) is 24.0 Å². The summed E-state index contributed by atoms with van der Waals surface area (Å²) in [5.74, 6) is 0.968. The first-order valence-corrected chi connectivity index (χ1v) is 7.69. The SMILES string of the molecule is Cc1cc(C)n(-c2cc(CC(C)C(N)=O)nc(-c3ccco3)n2)n1. The summed E-state index contributed by atoms with van der Waals surface area (Å²) in [6, 6.07) is 7.37. The number of carbonyl (C=O) groups excluding carboxylic acids is 1. The van der Waals surface area contributed by atoms with Crippen LogP contribution in [-0.4, -0.2) is 25.7 Å². The number of furan rings is 1. The van der Waals surface area contributed by atoms with E-state index in [4.69, 9.17) is 10.2 Å². The molecule has 124 valence electrons. The summed E-state index contributed by atoms with van der Waals surface area (Å²) < 4.78 is 7.16. The number of hydrogen-bond donors (Lipinski definition) is 1. The Hall–Kier alpha value is -2.96. The van der Waals surface area contributed by atoms with E-state index in [0.717, 1.165) is 11.4 Å². The number of aromatic nitrogens is 4. The van der Waals surface area contributed by atoms with Crippen LogP contribution in [0.4, 0.5) is 0 Å². The van der Waals surface area contributed by atoms with Gasteiger partial charge in [-0.2, -0.15) is 5.10 Å². The molecule has 0 saturated carbocycles. The van der Waals surface area contributed by atoms with Crippen LogP contribution in [0, 0.1) is 19.8 Å². The van der Waals surface area contributed by atoms with Gasteiger partial charge in [-0.15, -0.1) is 0 Å². The predicted molar refractivity (Wildman–Crippen MR) is 88.4 cm³/mol. The number of nitrogens with two attached hydrogens (primary N) is 1. The smallest absolute Gasteiger partial charge is 0.220 e. The highest BCUT2D eigenvalue weighted by molar-refractivity contribution is 5.76. The molecule has 3 aromatic rings. The van der Waals surface area contributed by atoms with E-state index in [1.807, 2.05) is 26.0 Å². The normalized spacial score (nSPS) is 12.3. The summed E-state index contributed by atoms with van der Waals surface area (Å²) >= 11 is 0. The largest absolute Gasteiger partial charge is 0.461 e. The second kappa shape index (κ2) is 6.27. The van der Waals surface area contributed by atoms with Crippen LogP contribution in [0.5, 0.6) is 0 Å². The molecule has 7 nitrogen and oxygen atoms in total. The van der Waals surface area contributed by atoms with Gasteiger partial charge in [-0.3, -0.25) is 4.79 Å². The lowest BCUT2D eigenvalue weighted by Crippen LogP contribution is -2.23. The average molecular weight is 325 g/mol. The van der Waals surface area contributed by atoms with E-state index in [1.165, 1.54) is 0 Å². The van der Waals surface area contributed by atoms with Gasteiger partial charge in [0.15, 0.2) is 17.4 Å². The van der Waals surface area contributed by atoms with Crippen molar-refractivity contribution in [3.8, 4) is 17.4 Å². The minimum absolute atomic E-state index is 0.322. The summed E-state index contributed by atoms with van der Waals surface area (Å²) in [5, 5.41) is 4.46. The first-order chi connectivity index (χ1) is 11.4. The Balaban J connectivity index is 2.09. The van der Waals surface area contributed by atoms with Gasteiger partial charge in [0.2, 0.25) is 5.91 Å². The fourth-order valence-corrected chi connectivity index (χ4v) is 2.49. The predicted octanol–water partition coefficient (Wildman–Crippen LogP) is 2.20. The lowest BCUT2D eigenvalue weighted by atomic mass is 10.0. The minimum Gasteiger partial charge on any atom is -0.461 e. The third-order valence-corrected chi connectivity index (χ3v) is 3.73. The quantitative estimate of drug-likeness (QED) is 0.775. The van der Waals surface area contributed by atoms with Crippen molar-refractivity contribution in [1.82, 2.24) is 19.7 Å². The second-order valence-corrected chi connectivity index (χ2v) is 5.86. The molecule has 0 fully saturated rings. The molecule has 7 heteroatoms. The number of primary amides is 1. The molecule has 0 spiro atoms. The Morgan fingerprint density at radius 1 is 1.33 bits per heavy atom. The third kappa shape index (κ3) is 3.19. The molecule has 3 heterocycles. The maximum absolute atomic E-state index is 11.4. The highest BCUT2D eigenvalue weighted by Crippen LogP contribution is 2.20. The van der Waals surface area contributed by atoms with Crippen LogP contribution < -0.4 is 5.73 Å². The molecule has 1 atom stereocenters. The monoisotopic (exact) mass is 325 g/mol. The van der Waals surface area contributed by atoms with Crippen LogP contribution >= 0.6 is 0 Å². The van der Waals surface area contributed by atoms with Crippen LogP contribution in [-0.2, 0) is 11.2 Å². The third-order valence-electron chi connectivity index (χ3n) is 3.73. The number of rotatable bonds is 5. The molecule has 0 radical (unpaired) electrons.